The number of rotatable bonds is 3. The van der Waals surface area contributed by atoms with Crippen LogP contribution in [0.15, 0.2) is 36.4 Å². The smallest absolute Gasteiger partial charge is 0.280 e. The first kappa shape index (κ1) is 14.9. The highest BCUT2D eigenvalue weighted by Gasteiger charge is 2.22. The van der Waals surface area contributed by atoms with Gasteiger partial charge < -0.3 is 9.47 Å². The molecule has 1 aliphatic heterocycles. The van der Waals surface area contributed by atoms with Gasteiger partial charge in [0.2, 0.25) is 6.79 Å². The van der Waals surface area contributed by atoms with E-state index in [2.05, 4.69) is 0 Å². The van der Waals surface area contributed by atoms with Gasteiger partial charge in [-0.15, -0.1) is 0 Å². The summed E-state index contributed by atoms with van der Waals surface area (Å²) in [4.78, 5) is 10.7. The molecule has 2 aromatic carbocycles. The summed E-state index contributed by atoms with van der Waals surface area (Å²) in [6.45, 7) is 0.0130. The molecule has 6 nitrogen and oxygen atoms in total. The molecule has 0 atom stereocenters. The average Bonchev–Trinajstić information content (AvgIpc) is 2.98. The minimum absolute atomic E-state index is 0.0130. The van der Waals surface area contributed by atoms with Crippen LogP contribution in [0.2, 0.25) is 5.02 Å². The summed E-state index contributed by atoms with van der Waals surface area (Å²) in [6, 6.07) is 11.5. The highest BCUT2D eigenvalue weighted by atomic mass is 35.5. The van der Waals surface area contributed by atoms with E-state index in [1.165, 1.54) is 18.2 Å². The maximum atomic E-state index is 11.3. The van der Waals surface area contributed by atoms with Gasteiger partial charge in [0.25, 0.3) is 5.69 Å². The first-order valence-corrected chi connectivity index (χ1v) is 6.92. The molecule has 23 heavy (non-hydrogen) atoms. The summed E-state index contributed by atoms with van der Waals surface area (Å²) in [5.41, 5.74) is 0.932. The van der Waals surface area contributed by atoms with E-state index in [1.807, 2.05) is 6.07 Å². The maximum Gasteiger partial charge on any atom is 0.280 e. The highest BCUT2D eigenvalue weighted by Crippen LogP contribution is 2.39. The molecule has 0 aromatic heterocycles. The van der Waals surface area contributed by atoms with Gasteiger partial charge in [0.1, 0.15) is 0 Å². The van der Waals surface area contributed by atoms with Gasteiger partial charge in [0, 0.05) is 5.02 Å². The topological polar surface area (TPSA) is 85.4 Å². The molecule has 0 amide bonds. The van der Waals surface area contributed by atoms with Crippen LogP contribution in [0.4, 0.5) is 5.69 Å². The zero-order valence-electron chi connectivity index (χ0n) is 11.7. The van der Waals surface area contributed by atoms with Crippen molar-refractivity contribution in [3.63, 3.8) is 0 Å². The van der Waals surface area contributed by atoms with Crippen LogP contribution in [0, 0.1) is 21.4 Å². The Morgan fingerprint density at radius 3 is 2.70 bits per heavy atom. The normalized spacial score (nSPS) is 12.8. The number of allylic oxidation sites excluding steroid dienone is 1. The molecule has 7 heteroatoms. The standard InChI is InChI=1S/C16H9ClN2O4/c17-13-3-1-2-10(5-13)12(8-18)4-11-6-15-16(23-9-22-15)7-14(11)19(20)21/h1-7H,9H2/b12-4+. The third-order valence-corrected chi connectivity index (χ3v) is 3.51. The van der Waals surface area contributed by atoms with Gasteiger partial charge in [-0.3, -0.25) is 10.1 Å². The van der Waals surface area contributed by atoms with Gasteiger partial charge in [-0.1, -0.05) is 23.7 Å². The maximum absolute atomic E-state index is 11.3. The number of nitro groups is 1. The number of benzene rings is 2. The fraction of sp³-hybridized carbons (Fsp3) is 0.0625. The summed E-state index contributed by atoms with van der Waals surface area (Å²) in [5.74, 6) is 0.723. The molecule has 2 aromatic rings. The lowest BCUT2D eigenvalue weighted by atomic mass is 10.0. The summed E-state index contributed by atoms with van der Waals surface area (Å²) in [6.07, 6.45) is 1.44. The fourth-order valence-electron chi connectivity index (χ4n) is 2.21. The van der Waals surface area contributed by atoms with Crippen molar-refractivity contribution in [1.82, 2.24) is 0 Å². The van der Waals surface area contributed by atoms with Gasteiger partial charge in [0.15, 0.2) is 11.5 Å². The quantitative estimate of drug-likeness (QED) is 0.367. The SMILES string of the molecule is N#C/C(=C\c1cc2c(cc1[N+](=O)[O-])OCO2)c1cccc(Cl)c1. The molecule has 0 spiro atoms. The number of nitriles is 1. The Balaban J connectivity index is 2.13. The first-order chi connectivity index (χ1) is 11.1. The molecule has 1 heterocycles. The Labute approximate surface area is 136 Å². The number of hydrogen-bond acceptors (Lipinski definition) is 5. The summed E-state index contributed by atoms with van der Waals surface area (Å²) in [7, 11) is 0. The Morgan fingerprint density at radius 2 is 2.04 bits per heavy atom. The largest absolute Gasteiger partial charge is 0.454 e. The summed E-state index contributed by atoms with van der Waals surface area (Å²) in [5, 5.41) is 21.1. The highest BCUT2D eigenvalue weighted by molar-refractivity contribution is 6.30. The van der Waals surface area contributed by atoms with E-state index in [-0.39, 0.29) is 23.6 Å². The molecular formula is C16H9ClN2O4. The average molecular weight is 329 g/mol. The summed E-state index contributed by atoms with van der Waals surface area (Å²) < 4.78 is 10.4. The van der Waals surface area contributed by atoms with E-state index in [0.717, 1.165) is 0 Å². The van der Waals surface area contributed by atoms with Crippen molar-refractivity contribution in [2.45, 2.75) is 0 Å². The van der Waals surface area contributed by atoms with Gasteiger partial charge in [0.05, 0.1) is 28.2 Å². The molecule has 0 aliphatic carbocycles. The lowest BCUT2D eigenvalue weighted by Crippen LogP contribution is -1.93. The monoisotopic (exact) mass is 328 g/mol. The molecule has 3 rings (SSSR count). The second kappa shape index (κ2) is 5.99. The molecule has 1 aliphatic rings. The zero-order valence-corrected chi connectivity index (χ0v) is 12.4. The van der Waals surface area contributed by atoms with Crippen molar-refractivity contribution in [3.8, 4) is 17.6 Å². The number of nitro benzene ring substituents is 1. The van der Waals surface area contributed by atoms with Gasteiger partial charge in [-0.25, -0.2) is 0 Å². The second-order valence-electron chi connectivity index (χ2n) is 4.70. The predicted octanol–water partition coefficient (Wildman–Crippen LogP) is 4.04. The zero-order chi connectivity index (χ0) is 16.4. The fourth-order valence-corrected chi connectivity index (χ4v) is 2.40. The van der Waals surface area contributed by atoms with Crippen LogP contribution in [0.1, 0.15) is 11.1 Å². The van der Waals surface area contributed by atoms with Gasteiger partial charge in [-0.2, -0.15) is 5.26 Å². The molecule has 0 saturated carbocycles. The van der Waals surface area contributed by atoms with Crippen molar-refractivity contribution in [2.24, 2.45) is 0 Å². The Morgan fingerprint density at radius 1 is 1.30 bits per heavy atom. The van der Waals surface area contributed by atoms with E-state index in [9.17, 15) is 15.4 Å². The van der Waals surface area contributed by atoms with E-state index in [4.69, 9.17) is 21.1 Å². The predicted molar refractivity (Wildman–Crippen MR) is 84.2 cm³/mol. The van der Waals surface area contributed by atoms with Crippen molar-refractivity contribution >= 4 is 28.9 Å². The van der Waals surface area contributed by atoms with E-state index in [0.29, 0.717) is 22.1 Å². The number of halogens is 1. The molecular weight excluding hydrogens is 320 g/mol. The van der Waals surface area contributed by atoms with Crippen molar-refractivity contribution < 1.29 is 14.4 Å². The van der Waals surface area contributed by atoms with Crippen LogP contribution in [0.3, 0.4) is 0 Å². The van der Waals surface area contributed by atoms with Gasteiger partial charge >= 0.3 is 0 Å². The molecule has 0 saturated heterocycles. The molecule has 0 radical (unpaired) electrons. The second-order valence-corrected chi connectivity index (χ2v) is 5.14. The minimum Gasteiger partial charge on any atom is -0.454 e. The van der Waals surface area contributed by atoms with E-state index < -0.39 is 4.92 Å². The lowest BCUT2D eigenvalue weighted by molar-refractivity contribution is -0.385. The molecule has 0 unspecified atom stereocenters. The molecule has 0 bridgehead atoms. The van der Waals surface area contributed by atoms with Crippen molar-refractivity contribution in [2.75, 3.05) is 6.79 Å². The molecule has 114 valence electrons. The minimum atomic E-state index is -0.527. The Bertz CT molecular complexity index is 871. The Kier molecular flexibility index (Phi) is 3.87. The Hall–Kier alpha value is -3.04. The van der Waals surface area contributed by atoms with Crippen LogP contribution >= 0.6 is 11.6 Å². The van der Waals surface area contributed by atoms with Crippen LogP contribution in [0.5, 0.6) is 11.5 Å². The van der Waals surface area contributed by atoms with Crippen molar-refractivity contribution in [1.29, 1.82) is 5.26 Å². The van der Waals surface area contributed by atoms with Crippen LogP contribution in [-0.4, -0.2) is 11.7 Å². The molecule has 0 N–H and O–H groups in total. The summed E-state index contributed by atoms with van der Waals surface area (Å²) >= 11 is 5.93. The van der Waals surface area contributed by atoms with E-state index in [1.54, 1.807) is 24.3 Å². The van der Waals surface area contributed by atoms with E-state index >= 15 is 0 Å². The van der Waals surface area contributed by atoms with Crippen molar-refractivity contribution in [3.05, 3.63) is 62.7 Å². The number of nitrogens with zero attached hydrogens (tertiary/aromatic N) is 2. The van der Waals surface area contributed by atoms with Crippen LogP contribution in [-0.2, 0) is 0 Å². The number of hydrogen-bond donors (Lipinski definition) is 0. The third kappa shape index (κ3) is 2.96. The van der Waals surface area contributed by atoms with Crippen LogP contribution < -0.4 is 9.47 Å². The lowest BCUT2D eigenvalue weighted by Gasteiger charge is -2.03. The van der Waals surface area contributed by atoms with Gasteiger partial charge in [-0.05, 0) is 29.8 Å². The molecule has 0 fully saturated rings. The van der Waals surface area contributed by atoms with Crippen LogP contribution in [0.25, 0.3) is 11.6 Å². The first-order valence-electron chi connectivity index (χ1n) is 6.54. The number of ether oxygens (including phenoxy) is 2. The third-order valence-electron chi connectivity index (χ3n) is 3.27. The number of fused-ring (bicyclic) bond motifs is 1.